The van der Waals surface area contributed by atoms with E-state index in [0.717, 1.165) is 0 Å². The van der Waals surface area contributed by atoms with Crippen molar-refractivity contribution in [2.24, 2.45) is 5.73 Å². The normalized spacial score (nSPS) is 11.8. The Hall–Kier alpha value is -1.33. The van der Waals surface area contributed by atoms with Gasteiger partial charge in [0, 0.05) is 30.4 Å². The fraction of sp³-hybridized carbons (Fsp3) is 0.333. The van der Waals surface area contributed by atoms with Gasteiger partial charge in [0.1, 0.15) is 11.0 Å². The molecule has 0 radical (unpaired) electrons. The van der Waals surface area contributed by atoms with Gasteiger partial charge in [0.2, 0.25) is 5.91 Å². The Morgan fingerprint density at radius 1 is 1.50 bits per heavy atom. The molecule has 0 saturated heterocycles. The lowest BCUT2D eigenvalue weighted by Gasteiger charge is -2.20. The van der Waals surface area contributed by atoms with Crippen molar-refractivity contribution in [3.63, 3.8) is 0 Å². The predicted molar refractivity (Wildman–Crippen MR) is 79.1 cm³/mol. The van der Waals surface area contributed by atoms with Gasteiger partial charge in [-0.15, -0.1) is 0 Å². The van der Waals surface area contributed by atoms with Crippen LogP contribution in [0.3, 0.4) is 0 Å². The smallest absolute Gasteiger partial charge is 0.244 e. The summed E-state index contributed by atoms with van der Waals surface area (Å²) in [5.74, 6) is -0.0289. The molecule has 0 aliphatic rings. The number of rotatable bonds is 4. The molecular formula is C12H16ClN3OS. The highest BCUT2D eigenvalue weighted by molar-refractivity contribution is 7.80. The number of likely N-dealkylation sites (N-methyl/N-ethyl adjacent to an activating group) is 1. The van der Waals surface area contributed by atoms with Gasteiger partial charge in [-0.1, -0.05) is 23.8 Å². The number of amides is 1. The SMILES string of the molecule is CC(Nc1ccc(Cl)cc1C(N)=S)C(=O)N(C)C. The highest BCUT2D eigenvalue weighted by Crippen LogP contribution is 2.21. The van der Waals surface area contributed by atoms with E-state index < -0.39 is 0 Å². The van der Waals surface area contributed by atoms with Crippen LogP contribution in [0.4, 0.5) is 5.69 Å². The molecule has 0 heterocycles. The monoisotopic (exact) mass is 285 g/mol. The molecule has 1 aromatic carbocycles. The Bertz CT molecular complexity index is 476. The number of hydrogen-bond acceptors (Lipinski definition) is 3. The maximum atomic E-state index is 11.8. The molecule has 0 saturated carbocycles. The highest BCUT2D eigenvalue weighted by atomic mass is 35.5. The van der Waals surface area contributed by atoms with Crippen LogP contribution < -0.4 is 11.1 Å². The summed E-state index contributed by atoms with van der Waals surface area (Å²) in [7, 11) is 3.41. The molecule has 1 amide bonds. The standard InChI is InChI=1S/C12H16ClN3OS/c1-7(12(17)16(2)3)15-10-5-4-8(13)6-9(10)11(14)18/h4-7,15H,1-3H3,(H2,14,18). The zero-order chi connectivity index (χ0) is 13.9. The minimum absolute atomic E-state index is 0.0289. The summed E-state index contributed by atoms with van der Waals surface area (Å²) in [5, 5.41) is 3.63. The maximum absolute atomic E-state index is 11.8. The Kier molecular flexibility index (Phi) is 4.93. The van der Waals surface area contributed by atoms with Crippen molar-refractivity contribution >= 4 is 40.4 Å². The van der Waals surface area contributed by atoms with E-state index in [1.165, 1.54) is 4.90 Å². The van der Waals surface area contributed by atoms with Gasteiger partial charge in [-0.2, -0.15) is 0 Å². The molecule has 4 nitrogen and oxygen atoms in total. The number of carbonyl (C=O) groups excluding carboxylic acids is 1. The van der Waals surface area contributed by atoms with Crippen LogP contribution in [-0.4, -0.2) is 35.9 Å². The molecule has 0 bridgehead atoms. The van der Waals surface area contributed by atoms with Crippen molar-refractivity contribution in [2.75, 3.05) is 19.4 Å². The summed E-state index contributed by atoms with van der Waals surface area (Å²) in [4.78, 5) is 13.5. The average Bonchev–Trinajstić information content (AvgIpc) is 2.29. The molecule has 1 atom stereocenters. The summed E-state index contributed by atoms with van der Waals surface area (Å²) >= 11 is 10.9. The van der Waals surface area contributed by atoms with E-state index in [-0.39, 0.29) is 16.9 Å². The van der Waals surface area contributed by atoms with Crippen LogP contribution in [0, 0.1) is 0 Å². The number of carbonyl (C=O) groups is 1. The van der Waals surface area contributed by atoms with Gasteiger partial charge in [-0.3, -0.25) is 4.79 Å². The third-order valence-corrected chi connectivity index (χ3v) is 2.89. The molecule has 18 heavy (non-hydrogen) atoms. The van der Waals surface area contributed by atoms with Crippen molar-refractivity contribution in [1.29, 1.82) is 0 Å². The summed E-state index contributed by atoms with van der Waals surface area (Å²) in [6.07, 6.45) is 0. The number of nitrogens with zero attached hydrogens (tertiary/aromatic N) is 1. The molecule has 0 aliphatic carbocycles. The van der Waals surface area contributed by atoms with E-state index in [1.807, 2.05) is 0 Å². The van der Waals surface area contributed by atoms with Crippen molar-refractivity contribution < 1.29 is 4.79 Å². The number of benzene rings is 1. The second-order valence-electron chi connectivity index (χ2n) is 4.15. The van der Waals surface area contributed by atoms with Crippen molar-refractivity contribution in [2.45, 2.75) is 13.0 Å². The second kappa shape index (κ2) is 6.02. The number of anilines is 1. The highest BCUT2D eigenvalue weighted by Gasteiger charge is 2.16. The summed E-state index contributed by atoms with van der Waals surface area (Å²) < 4.78 is 0. The predicted octanol–water partition coefficient (Wildman–Crippen LogP) is 1.86. The van der Waals surface area contributed by atoms with Crippen LogP contribution in [0.15, 0.2) is 18.2 Å². The molecule has 1 aromatic rings. The first kappa shape index (κ1) is 14.7. The van der Waals surface area contributed by atoms with Crippen LogP contribution in [0.2, 0.25) is 5.02 Å². The van der Waals surface area contributed by atoms with E-state index in [4.69, 9.17) is 29.6 Å². The largest absolute Gasteiger partial charge is 0.389 e. The molecule has 0 aliphatic heterocycles. The number of hydrogen-bond donors (Lipinski definition) is 2. The van der Waals surface area contributed by atoms with E-state index in [9.17, 15) is 4.79 Å². The first-order chi connectivity index (χ1) is 8.32. The van der Waals surface area contributed by atoms with Crippen molar-refractivity contribution in [3.8, 4) is 0 Å². The summed E-state index contributed by atoms with van der Waals surface area (Å²) in [6.45, 7) is 1.78. The second-order valence-corrected chi connectivity index (χ2v) is 5.03. The van der Waals surface area contributed by atoms with Gasteiger partial charge in [0.05, 0.1) is 0 Å². The average molecular weight is 286 g/mol. The van der Waals surface area contributed by atoms with Gasteiger partial charge in [0.25, 0.3) is 0 Å². The fourth-order valence-electron chi connectivity index (χ4n) is 1.53. The van der Waals surface area contributed by atoms with E-state index in [1.54, 1.807) is 39.2 Å². The van der Waals surface area contributed by atoms with Gasteiger partial charge in [0.15, 0.2) is 0 Å². The van der Waals surface area contributed by atoms with Crippen molar-refractivity contribution in [1.82, 2.24) is 4.90 Å². The molecule has 1 unspecified atom stereocenters. The van der Waals surface area contributed by atoms with Crippen LogP contribution in [0.5, 0.6) is 0 Å². The lowest BCUT2D eigenvalue weighted by Crippen LogP contribution is -2.37. The van der Waals surface area contributed by atoms with Gasteiger partial charge in [-0.25, -0.2) is 0 Å². The van der Waals surface area contributed by atoms with Crippen LogP contribution >= 0.6 is 23.8 Å². The third kappa shape index (κ3) is 3.58. The quantitative estimate of drug-likeness (QED) is 0.829. The maximum Gasteiger partial charge on any atom is 0.244 e. The number of thiocarbonyl (C=S) groups is 1. The molecule has 1 rings (SSSR count). The van der Waals surface area contributed by atoms with Gasteiger partial charge < -0.3 is 16.0 Å². The summed E-state index contributed by atoms with van der Waals surface area (Å²) in [5.41, 5.74) is 6.97. The number of nitrogens with two attached hydrogens (primary N) is 1. The Morgan fingerprint density at radius 2 is 2.11 bits per heavy atom. The lowest BCUT2D eigenvalue weighted by atomic mass is 10.1. The van der Waals surface area contributed by atoms with Crippen LogP contribution in [0.1, 0.15) is 12.5 Å². The Balaban J connectivity index is 2.97. The van der Waals surface area contributed by atoms with Crippen LogP contribution in [-0.2, 0) is 4.79 Å². The lowest BCUT2D eigenvalue weighted by molar-refractivity contribution is -0.129. The van der Waals surface area contributed by atoms with Crippen LogP contribution in [0.25, 0.3) is 0 Å². The first-order valence-electron chi connectivity index (χ1n) is 5.40. The Morgan fingerprint density at radius 3 is 2.61 bits per heavy atom. The van der Waals surface area contributed by atoms with Gasteiger partial charge >= 0.3 is 0 Å². The molecular weight excluding hydrogens is 270 g/mol. The zero-order valence-electron chi connectivity index (χ0n) is 10.5. The molecule has 0 spiro atoms. The summed E-state index contributed by atoms with van der Waals surface area (Å²) in [6, 6.07) is 4.79. The number of halogens is 1. The zero-order valence-corrected chi connectivity index (χ0v) is 12.1. The third-order valence-electron chi connectivity index (χ3n) is 2.43. The molecule has 3 N–H and O–H groups in total. The molecule has 0 fully saturated rings. The molecule has 98 valence electrons. The van der Waals surface area contributed by atoms with Gasteiger partial charge in [-0.05, 0) is 25.1 Å². The number of nitrogens with one attached hydrogen (secondary N) is 1. The molecule has 6 heteroatoms. The molecule has 0 aromatic heterocycles. The minimum atomic E-state index is -0.366. The van der Waals surface area contributed by atoms with E-state index in [0.29, 0.717) is 16.3 Å². The Labute approximate surface area is 117 Å². The van der Waals surface area contributed by atoms with E-state index >= 15 is 0 Å². The minimum Gasteiger partial charge on any atom is -0.389 e. The first-order valence-corrected chi connectivity index (χ1v) is 6.18. The fourth-order valence-corrected chi connectivity index (χ4v) is 1.87. The van der Waals surface area contributed by atoms with E-state index in [2.05, 4.69) is 5.32 Å². The topological polar surface area (TPSA) is 58.4 Å². The van der Waals surface area contributed by atoms with Crippen molar-refractivity contribution in [3.05, 3.63) is 28.8 Å².